The molecule has 0 unspecified atom stereocenters. The molecule has 2 amide bonds. The summed E-state index contributed by atoms with van der Waals surface area (Å²) in [7, 11) is -4.28. The number of amides is 2. The molecule has 4 rings (SSSR count). The van der Waals surface area contributed by atoms with Crippen molar-refractivity contribution < 1.29 is 18.0 Å². The summed E-state index contributed by atoms with van der Waals surface area (Å²) in [5.41, 5.74) is 1.62. The molecule has 0 fully saturated rings. The van der Waals surface area contributed by atoms with E-state index in [1.807, 2.05) is 44.2 Å². The smallest absolute Gasteiger partial charge is 0.264 e. The first kappa shape index (κ1) is 34.3. The molecule has 236 valence electrons. The molecule has 0 saturated heterocycles. The minimum Gasteiger partial charge on any atom is -0.354 e. The average molecular weight is 687 g/mol. The zero-order valence-corrected chi connectivity index (χ0v) is 28.0. The van der Waals surface area contributed by atoms with E-state index in [1.54, 1.807) is 42.5 Å². The first-order chi connectivity index (χ1) is 21.4. The normalized spacial score (nSPS) is 12.0. The largest absolute Gasteiger partial charge is 0.354 e. The molecule has 0 saturated carbocycles. The second-order valence-electron chi connectivity index (χ2n) is 10.9. The van der Waals surface area contributed by atoms with Crippen LogP contribution >= 0.6 is 34.8 Å². The zero-order chi connectivity index (χ0) is 32.6. The number of nitrogens with zero attached hydrogens (tertiary/aromatic N) is 2. The number of carbonyl (C=O) groups excluding carboxylic acids is 2. The van der Waals surface area contributed by atoms with Gasteiger partial charge in [-0.05, 0) is 59.5 Å². The highest BCUT2D eigenvalue weighted by Crippen LogP contribution is 2.30. The summed E-state index contributed by atoms with van der Waals surface area (Å²) in [5, 5.41) is 3.83. The molecule has 11 heteroatoms. The first-order valence-corrected chi connectivity index (χ1v) is 16.9. The molecule has 0 spiro atoms. The lowest BCUT2D eigenvalue weighted by molar-refractivity contribution is -0.140. The third-order valence-corrected chi connectivity index (χ3v) is 9.40. The summed E-state index contributed by atoms with van der Waals surface area (Å²) in [4.78, 5) is 29.7. The molecular weight excluding hydrogens is 653 g/mol. The van der Waals surface area contributed by atoms with Gasteiger partial charge in [0.15, 0.2) is 0 Å². The zero-order valence-electron chi connectivity index (χ0n) is 24.9. The Morgan fingerprint density at radius 1 is 0.756 bits per heavy atom. The Morgan fingerprint density at radius 3 is 1.96 bits per heavy atom. The number of halogens is 3. The maximum atomic E-state index is 14.5. The summed E-state index contributed by atoms with van der Waals surface area (Å²) in [5.74, 6) is -0.792. The molecule has 1 atom stereocenters. The lowest BCUT2D eigenvalue weighted by Gasteiger charge is -2.34. The molecule has 7 nitrogen and oxygen atoms in total. The van der Waals surface area contributed by atoms with E-state index in [0.29, 0.717) is 17.1 Å². The molecule has 4 aromatic carbocycles. The van der Waals surface area contributed by atoms with Crippen LogP contribution in [0, 0.1) is 5.92 Å². The third-order valence-electron chi connectivity index (χ3n) is 6.94. The minimum atomic E-state index is -4.28. The summed E-state index contributed by atoms with van der Waals surface area (Å²) < 4.78 is 29.1. The van der Waals surface area contributed by atoms with Crippen LogP contribution in [-0.4, -0.2) is 44.3 Å². The highest BCUT2D eigenvalue weighted by molar-refractivity contribution is 7.92. The van der Waals surface area contributed by atoms with Gasteiger partial charge in [-0.3, -0.25) is 13.9 Å². The fraction of sp³-hybridized carbons (Fsp3) is 0.235. The van der Waals surface area contributed by atoms with Crippen LogP contribution in [0.25, 0.3) is 0 Å². The van der Waals surface area contributed by atoms with Gasteiger partial charge in [0, 0.05) is 34.6 Å². The number of nitrogens with one attached hydrogen (secondary N) is 1. The van der Waals surface area contributed by atoms with Crippen LogP contribution < -0.4 is 9.62 Å². The van der Waals surface area contributed by atoms with Crippen LogP contribution in [0.15, 0.2) is 108 Å². The Balaban J connectivity index is 1.82. The van der Waals surface area contributed by atoms with Crippen molar-refractivity contribution in [3.8, 4) is 0 Å². The van der Waals surface area contributed by atoms with E-state index in [2.05, 4.69) is 5.32 Å². The van der Waals surface area contributed by atoms with Gasteiger partial charge >= 0.3 is 0 Å². The van der Waals surface area contributed by atoms with E-state index in [9.17, 15) is 18.0 Å². The van der Waals surface area contributed by atoms with Crippen LogP contribution in [0.2, 0.25) is 15.1 Å². The van der Waals surface area contributed by atoms with Crippen molar-refractivity contribution in [3.63, 3.8) is 0 Å². The van der Waals surface area contributed by atoms with E-state index < -0.39 is 28.5 Å². The van der Waals surface area contributed by atoms with Crippen LogP contribution in [0.5, 0.6) is 0 Å². The van der Waals surface area contributed by atoms with Crippen molar-refractivity contribution in [2.24, 2.45) is 5.92 Å². The summed E-state index contributed by atoms with van der Waals surface area (Å²) in [6.45, 7) is 3.73. The second kappa shape index (κ2) is 15.6. The number of sulfonamides is 1. The number of benzene rings is 4. The van der Waals surface area contributed by atoms with E-state index >= 15 is 0 Å². The van der Waals surface area contributed by atoms with E-state index in [1.165, 1.54) is 35.2 Å². The van der Waals surface area contributed by atoms with Crippen molar-refractivity contribution in [3.05, 3.63) is 129 Å². The number of rotatable bonds is 13. The molecule has 0 aliphatic carbocycles. The first-order valence-electron chi connectivity index (χ1n) is 14.3. The van der Waals surface area contributed by atoms with Crippen LogP contribution in [-0.2, 0) is 32.6 Å². The number of hydrogen-bond acceptors (Lipinski definition) is 4. The Bertz CT molecular complexity index is 1700. The molecule has 0 radical (unpaired) electrons. The maximum absolute atomic E-state index is 14.5. The van der Waals surface area contributed by atoms with Crippen molar-refractivity contribution in [1.82, 2.24) is 10.2 Å². The number of hydrogen-bond donors (Lipinski definition) is 1. The van der Waals surface area contributed by atoms with Crippen molar-refractivity contribution in [2.45, 2.75) is 37.8 Å². The van der Waals surface area contributed by atoms with Crippen LogP contribution in [0.3, 0.4) is 0 Å². The Kier molecular flexibility index (Phi) is 11.9. The van der Waals surface area contributed by atoms with E-state index in [4.69, 9.17) is 34.8 Å². The van der Waals surface area contributed by atoms with Gasteiger partial charge in [-0.2, -0.15) is 0 Å². The van der Waals surface area contributed by atoms with Crippen LogP contribution in [0.1, 0.15) is 25.0 Å². The Morgan fingerprint density at radius 2 is 1.36 bits per heavy atom. The molecule has 0 aliphatic heterocycles. The summed E-state index contributed by atoms with van der Waals surface area (Å²) >= 11 is 18.9. The molecule has 1 N–H and O–H groups in total. The van der Waals surface area contributed by atoms with Crippen molar-refractivity contribution >= 4 is 62.3 Å². The summed E-state index contributed by atoms with van der Waals surface area (Å²) in [6, 6.07) is 27.5. The van der Waals surface area contributed by atoms with Crippen LogP contribution in [0.4, 0.5) is 5.69 Å². The fourth-order valence-electron chi connectivity index (χ4n) is 4.74. The topological polar surface area (TPSA) is 86.8 Å². The monoisotopic (exact) mass is 685 g/mol. The van der Waals surface area contributed by atoms with Crippen molar-refractivity contribution in [1.29, 1.82) is 0 Å². The lowest BCUT2D eigenvalue weighted by atomic mass is 10.0. The van der Waals surface area contributed by atoms with Gasteiger partial charge in [-0.15, -0.1) is 0 Å². The van der Waals surface area contributed by atoms with E-state index in [0.717, 1.165) is 9.87 Å². The molecule has 0 bridgehead atoms. The number of anilines is 1. The van der Waals surface area contributed by atoms with Gasteiger partial charge in [0.1, 0.15) is 12.6 Å². The molecule has 0 heterocycles. The Hall–Kier alpha value is -3.56. The predicted octanol–water partition coefficient (Wildman–Crippen LogP) is 7.25. The minimum absolute atomic E-state index is 0.00151. The van der Waals surface area contributed by atoms with Gasteiger partial charge in [-0.25, -0.2) is 8.42 Å². The second-order valence-corrected chi connectivity index (χ2v) is 14.1. The summed E-state index contributed by atoms with van der Waals surface area (Å²) in [6.07, 6.45) is 0.200. The van der Waals surface area contributed by atoms with Crippen molar-refractivity contribution in [2.75, 3.05) is 17.4 Å². The maximum Gasteiger partial charge on any atom is 0.264 e. The SMILES string of the molecule is CC(C)CNC(=O)[C@H](Cc1ccccc1)N(Cc1cccc(Cl)c1)C(=O)CN(c1cc(Cl)cc(Cl)c1)S(=O)(=O)c1ccccc1. The molecule has 0 aliphatic rings. The highest BCUT2D eigenvalue weighted by atomic mass is 35.5. The standard InChI is InChI=1S/C34H34Cl3N3O4S/c1-24(2)21-38-34(42)32(17-25-10-5-3-6-11-25)39(22-26-12-9-13-27(35)16-26)33(41)23-40(30-19-28(36)18-29(37)20-30)45(43,44)31-14-7-4-8-15-31/h3-16,18-20,24,32H,17,21-23H2,1-2H3,(H,38,42)/t32-/m0/s1. The molecule has 0 aromatic heterocycles. The quantitative estimate of drug-likeness (QED) is 0.161. The third kappa shape index (κ3) is 9.47. The highest BCUT2D eigenvalue weighted by Gasteiger charge is 2.35. The molecular formula is C34H34Cl3N3O4S. The van der Waals surface area contributed by atoms with Gasteiger partial charge in [0.25, 0.3) is 10.0 Å². The molecule has 45 heavy (non-hydrogen) atoms. The predicted molar refractivity (Wildman–Crippen MR) is 181 cm³/mol. The van der Waals surface area contributed by atoms with E-state index in [-0.39, 0.29) is 45.4 Å². The van der Waals surface area contributed by atoms with Gasteiger partial charge in [0.2, 0.25) is 11.8 Å². The van der Waals surface area contributed by atoms with Gasteiger partial charge < -0.3 is 10.2 Å². The average Bonchev–Trinajstić information content (AvgIpc) is 3.00. The van der Waals surface area contributed by atoms with Gasteiger partial charge in [-0.1, -0.05) is 109 Å². The molecule has 4 aromatic rings. The fourth-order valence-corrected chi connectivity index (χ4v) is 6.89. The Labute approximate surface area is 279 Å². The lowest BCUT2D eigenvalue weighted by Crippen LogP contribution is -2.53. The van der Waals surface area contributed by atoms with Gasteiger partial charge in [0.05, 0.1) is 10.6 Å². The number of carbonyl (C=O) groups is 2.